The minimum absolute atomic E-state index is 0.0783. The SMILES string of the molecule is O=C(CN(c1ccccc1)S(=O)(=O)c1ccccc1)Nc1ccccc1C(=O)N1CCOCC1. The maximum absolute atomic E-state index is 13.4. The van der Waals surface area contributed by atoms with Gasteiger partial charge < -0.3 is 15.0 Å². The molecule has 0 radical (unpaired) electrons. The standard InChI is InChI=1S/C25H25N3O5S/c29-24(26-23-14-8-7-13-22(23)25(30)27-15-17-33-18-16-27)19-28(20-9-3-1-4-10-20)34(31,32)21-11-5-2-6-12-21/h1-14H,15-19H2,(H,26,29). The minimum Gasteiger partial charge on any atom is -0.378 e. The van der Waals surface area contributed by atoms with Crippen LogP contribution in [0.25, 0.3) is 0 Å². The Labute approximate surface area is 198 Å². The molecule has 1 N–H and O–H groups in total. The zero-order chi connectivity index (χ0) is 24.0. The Morgan fingerprint density at radius 3 is 2.12 bits per heavy atom. The van der Waals surface area contributed by atoms with Gasteiger partial charge in [0.15, 0.2) is 0 Å². The number of carbonyl (C=O) groups excluding carboxylic acids is 2. The number of hydrogen-bond acceptors (Lipinski definition) is 5. The van der Waals surface area contributed by atoms with E-state index in [2.05, 4.69) is 5.32 Å². The highest BCUT2D eigenvalue weighted by molar-refractivity contribution is 7.92. The molecule has 0 bridgehead atoms. The number of nitrogens with one attached hydrogen (secondary N) is 1. The molecule has 0 aromatic heterocycles. The maximum atomic E-state index is 13.4. The highest BCUT2D eigenvalue weighted by Gasteiger charge is 2.28. The average molecular weight is 480 g/mol. The van der Waals surface area contributed by atoms with Crippen LogP contribution in [0.4, 0.5) is 11.4 Å². The molecule has 1 aliphatic rings. The Bertz CT molecular complexity index is 1240. The first kappa shape index (κ1) is 23.5. The van der Waals surface area contributed by atoms with E-state index >= 15 is 0 Å². The van der Waals surface area contributed by atoms with Crippen LogP contribution >= 0.6 is 0 Å². The molecule has 0 aliphatic carbocycles. The molecule has 1 saturated heterocycles. The first-order valence-corrected chi connectivity index (χ1v) is 12.3. The second-order valence-corrected chi connectivity index (χ2v) is 9.52. The summed E-state index contributed by atoms with van der Waals surface area (Å²) in [6.07, 6.45) is 0. The van der Waals surface area contributed by atoms with Gasteiger partial charge in [0.05, 0.1) is 35.0 Å². The van der Waals surface area contributed by atoms with Gasteiger partial charge in [0.2, 0.25) is 5.91 Å². The Balaban J connectivity index is 1.59. The molecule has 0 saturated carbocycles. The van der Waals surface area contributed by atoms with Crippen LogP contribution in [0.2, 0.25) is 0 Å². The van der Waals surface area contributed by atoms with Crippen molar-refractivity contribution in [1.82, 2.24) is 4.90 Å². The van der Waals surface area contributed by atoms with Crippen molar-refractivity contribution >= 4 is 33.2 Å². The summed E-state index contributed by atoms with van der Waals surface area (Å²) < 4.78 is 33.1. The fourth-order valence-corrected chi connectivity index (χ4v) is 5.11. The molecule has 0 unspecified atom stereocenters. The summed E-state index contributed by atoms with van der Waals surface area (Å²) in [6, 6.07) is 23.1. The van der Waals surface area contributed by atoms with Crippen LogP contribution in [0.15, 0.2) is 89.8 Å². The average Bonchev–Trinajstić information content (AvgIpc) is 2.88. The zero-order valence-electron chi connectivity index (χ0n) is 18.5. The van der Waals surface area contributed by atoms with Crippen molar-refractivity contribution in [2.75, 3.05) is 42.5 Å². The van der Waals surface area contributed by atoms with Crippen LogP contribution in [0, 0.1) is 0 Å². The number of para-hydroxylation sites is 2. The lowest BCUT2D eigenvalue weighted by molar-refractivity contribution is -0.114. The number of benzene rings is 3. The highest BCUT2D eigenvalue weighted by atomic mass is 32.2. The third kappa shape index (κ3) is 5.27. The minimum atomic E-state index is -4.00. The van der Waals surface area contributed by atoms with Crippen molar-refractivity contribution in [2.24, 2.45) is 0 Å². The third-order valence-corrected chi connectivity index (χ3v) is 7.18. The van der Waals surface area contributed by atoms with Crippen LogP contribution in [0.5, 0.6) is 0 Å². The summed E-state index contributed by atoms with van der Waals surface area (Å²) in [4.78, 5) is 27.8. The second kappa shape index (κ2) is 10.5. The van der Waals surface area contributed by atoms with Gasteiger partial charge in [0.25, 0.3) is 15.9 Å². The Hall–Kier alpha value is -3.69. The number of amides is 2. The van der Waals surface area contributed by atoms with E-state index in [9.17, 15) is 18.0 Å². The molecular formula is C25H25N3O5S. The highest BCUT2D eigenvalue weighted by Crippen LogP contribution is 2.24. The number of ether oxygens (including phenoxy) is 1. The van der Waals surface area contributed by atoms with Gasteiger partial charge in [0, 0.05) is 13.1 Å². The number of anilines is 2. The van der Waals surface area contributed by atoms with Crippen LogP contribution in [0.1, 0.15) is 10.4 Å². The van der Waals surface area contributed by atoms with Gasteiger partial charge in [-0.05, 0) is 36.4 Å². The second-order valence-electron chi connectivity index (χ2n) is 7.66. The number of rotatable bonds is 7. The molecule has 0 atom stereocenters. The molecule has 9 heteroatoms. The van der Waals surface area contributed by atoms with Gasteiger partial charge in [-0.25, -0.2) is 8.42 Å². The van der Waals surface area contributed by atoms with Gasteiger partial charge in [-0.1, -0.05) is 48.5 Å². The molecule has 8 nitrogen and oxygen atoms in total. The number of carbonyl (C=O) groups is 2. The summed E-state index contributed by atoms with van der Waals surface area (Å²) in [6.45, 7) is 1.41. The van der Waals surface area contributed by atoms with Crippen molar-refractivity contribution in [3.63, 3.8) is 0 Å². The van der Waals surface area contributed by atoms with Crippen molar-refractivity contribution in [3.05, 3.63) is 90.5 Å². The van der Waals surface area contributed by atoms with E-state index in [1.54, 1.807) is 77.7 Å². The quantitative estimate of drug-likeness (QED) is 0.562. The van der Waals surface area contributed by atoms with Gasteiger partial charge in [-0.3, -0.25) is 13.9 Å². The topological polar surface area (TPSA) is 96.0 Å². The molecule has 1 heterocycles. The predicted molar refractivity (Wildman–Crippen MR) is 129 cm³/mol. The first-order chi connectivity index (χ1) is 16.5. The lowest BCUT2D eigenvalue weighted by Crippen LogP contribution is -2.41. The zero-order valence-corrected chi connectivity index (χ0v) is 19.3. The summed E-state index contributed by atoms with van der Waals surface area (Å²) in [5.74, 6) is -0.776. The molecule has 176 valence electrons. The molecule has 3 aromatic carbocycles. The fourth-order valence-electron chi connectivity index (χ4n) is 3.66. The molecular weight excluding hydrogens is 454 g/mol. The van der Waals surface area contributed by atoms with E-state index in [4.69, 9.17) is 4.74 Å². The smallest absolute Gasteiger partial charge is 0.264 e. The van der Waals surface area contributed by atoms with E-state index in [1.807, 2.05) is 0 Å². The van der Waals surface area contributed by atoms with Crippen molar-refractivity contribution in [1.29, 1.82) is 0 Å². The van der Waals surface area contributed by atoms with Crippen LogP contribution < -0.4 is 9.62 Å². The molecule has 34 heavy (non-hydrogen) atoms. The third-order valence-electron chi connectivity index (χ3n) is 5.39. The predicted octanol–water partition coefficient (Wildman–Crippen LogP) is 2.99. The van der Waals surface area contributed by atoms with Gasteiger partial charge in [-0.2, -0.15) is 0 Å². The molecule has 3 aromatic rings. The maximum Gasteiger partial charge on any atom is 0.264 e. The van der Waals surface area contributed by atoms with Crippen LogP contribution in [0.3, 0.4) is 0 Å². The van der Waals surface area contributed by atoms with E-state index < -0.39 is 22.5 Å². The largest absolute Gasteiger partial charge is 0.378 e. The van der Waals surface area contributed by atoms with Crippen LogP contribution in [-0.2, 0) is 19.6 Å². The van der Waals surface area contributed by atoms with Gasteiger partial charge >= 0.3 is 0 Å². The Morgan fingerprint density at radius 2 is 1.44 bits per heavy atom. The Morgan fingerprint density at radius 1 is 0.853 bits per heavy atom. The normalized spacial score (nSPS) is 13.8. The number of sulfonamides is 1. The lowest BCUT2D eigenvalue weighted by Gasteiger charge is -2.28. The number of morpholine rings is 1. The monoisotopic (exact) mass is 479 g/mol. The van der Waals surface area contributed by atoms with Crippen LogP contribution in [-0.4, -0.2) is 58.0 Å². The van der Waals surface area contributed by atoms with Crippen molar-refractivity contribution < 1.29 is 22.7 Å². The first-order valence-electron chi connectivity index (χ1n) is 10.9. The van der Waals surface area contributed by atoms with E-state index in [1.165, 1.54) is 12.1 Å². The van der Waals surface area contributed by atoms with Gasteiger partial charge in [-0.15, -0.1) is 0 Å². The van der Waals surface area contributed by atoms with Crippen molar-refractivity contribution in [3.8, 4) is 0 Å². The van der Waals surface area contributed by atoms with Gasteiger partial charge in [0.1, 0.15) is 6.54 Å². The molecule has 0 spiro atoms. The summed E-state index contributed by atoms with van der Waals surface area (Å²) in [5, 5.41) is 2.73. The molecule has 1 fully saturated rings. The van der Waals surface area contributed by atoms with E-state index in [-0.39, 0.29) is 10.8 Å². The molecule has 1 aliphatic heterocycles. The lowest BCUT2D eigenvalue weighted by atomic mass is 10.1. The number of nitrogens with zero attached hydrogens (tertiary/aromatic N) is 2. The Kier molecular flexibility index (Phi) is 7.24. The molecule has 4 rings (SSSR count). The summed E-state index contributed by atoms with van der Waals surface area (Å²) in [7, 11) is -4.00. The number of hydrogen-bond donors (Lipinski definition) is 1. The fraction of sp³-hybridized carbons (Fsp3) is 0.200. The summed E-state index contributed by atoms with van der Waals surface area (Å²) in [5.41, 5.74) is 1.03. The molecule has 2 amide bonds. The van der Waals surface area contributed by atoms with E-state index in [0.29, 0.717) is 43.2 Å². The van der Waals surface area contributed by atoms with Crippen molar-refractivity contribution in [2.45, 2.75) is 4.90 Å². The summed E-state index contributed by atoms with van der Waals surface area (Å²) >= 11 is 0. The van der Waals surface area contributed by atoms with E-state index in [0.717, 1.165) is 4.31 Å².